The quantitative estimate of drug-likeness (QED) is 0.430. The topological polar surface area (TPSA) is 78.9 Å². The predicted molar refractivity (Wildman–Crippen MR) is 127 cm³/mol. The van der Waals surface area contributed by atoms with E-state index >= 15 is 0 Å². The van der Waals surface area contributed by atoms with Gasteiger partial charge in [-0.3, -0.25) is 4.79 Å². The number of hydrogen-bond donors (Lipinski definition) is 2. The molecule has 34 heavy (non-hydrogen) atoms. The number of carboxylic acid groups (broad SMARTS) is 1. The summed E-state index contributed by atoms with van der Waals surface area (Å²) in [7, 11) is 1.55. The molecule has 3 rings (SSSR count). The lowest BCUT2D eigenvalue weighted by molar-refractivity contribution is -0.136. The number of anilines is 1. The lowest BCUT2D eigenvalue weighted by Crippen LogP contribution is -2.45. The molecule has 1 aliphatic carbocycles. The highest BCUT2D eigenvalue weighted by Gasteiger charge is 2.31. The van der Waals surface area contributed by atoms with Crippen molar-refractivity contribution in [3.05, 3.63) is 53.6 Å². The zero-order valence-corrected chi connectivity index (χ0v) is 20.2. The van der Waals surface area contributed by atoms with Crippen LogP contribution in [0.3, 0.4) is 0 Å². The van der Waals surface area contributed by atoms with Crippen LogP contribution in [0.1, 0.15) is 18.1 Å². The molecular weight excluding hydrogens is 489 g/mol. The van der Waals surface area contributed by atoms with Gasteiger partial charge in [0.25, 0.3) is 0 Å². The van der Waals surface area contributed by atoms with Gasteiger partial charge < -0.3 is 20.1 Å². The summed E-state index contributed by atoms with van der Waals surface area (Å²) < 4.78 is 42.8. The molecular formula is C23H25F3N2O4S2. The Morgan fingerprint density at radius 3 is 2.41 bits per heavy atom. The molecule has 11 heteroatoms. The summed E-state index contributed by atoms with van der Waals surface area (Å²) in [6.07, 6.45) is 1.26. The minimum absolute atomic E-state index is 0.0406. The van der Waals surface area contributed by atoms with Gasteiger partial charge in [0, 0.05) is 35.2 Å². The van der Waals surface area contributed by atoms with E-state index in [0.717, 1.165) is 16.0 Å². The second kappa shape index (κ2) is 11.4. The number of amides is 2. The number of rotatable bonds is 9. The normalized spacial score (nSPS) is 16.1. The van der Waals surface area contributed by atoms with Crippen LogP contribution in [-0.2, 0) is 22.4 Å². The molecule has 0 spiro atoms. The number of nitrogens with zero attached hydrogens (tertiary/aromatic N) is 1. The van der Waals surface area contributed by atoms with Gasteiger partial charge in [-0.15, -0.1) is 11.8 Å². The summed E-state index contributed by atoms with van der Waals surface area (Å²) in [5.41, 5.74) is -1.81. The summed E-state index contributed by atoms with van der Waals surface area (Å²) in [6, 6.07) is 10.9. The van der Waals surface area contributed by atoms with Gasteiger partial charge >= 0.3 is 17.5 Å². The van der Waals surface area contributed by atoms with E-state index in [2.05, 4.69) is 5.32 Å². The average molecular weight is 515 g/mol. The number of halogens is 3. The third kappa shape index (κ3) is 7.31. The molecule has 2 N–H and O–H groups in total. The Morgan fingerprint density at radius 1 is 1.15 bits per heavy atom. The number of carbonyl (C=O) groups excluding carboxylic acids is 1. The first-order valence-electron chi connectivity index (χ1n) is 10.5. The van der Waals surface area contributed by atoms with Crippen LogP contribution in [0.4, 0.5) is 23.7 Å². The van der Waals surface area contributed by atoms with Crippen molar-refractivity contribution in [1.82, 2.24) is 4.90 Å². The van der Waals surface area contributed by atoms with Gasteiger partial charge in [0.1, 0.15) is 5.25 Å². The highest BCUT2D eigenvalue weighted by Crippen LogP contribution is 2.37. The maximum atomic E-state index is 13.1. The molecule has 0 aromatic heterocycles. The number of alkyl halides is 3. The Hall–Kier alpha value is -2.37. The van der Waals surface area contributed by atoms with Crippen molar-refractivity contribution in [2.24, 2.45) is 0 Å². The van der Waals surface area contributed by atoms with Crippen LogP contribution < -0.4 is 5.32 Å². The number of urea groups is 1. The largest absolute Gasteiger partial charge is 0.480 e. The Balaban J connectivity index is 1.68. The van der Waals surface area contributed by atoms with Crippen LogP contribution in [0.2, 0.25) is 0 Å². The molecule has 0 heterocycles. The molecule has 1 aliphatic rings. The molecule has 0 radical (unpaired) electrons. The number of carboxylic acids is 1. The van der Waals surface area contributed by atoms with Crippen LogP contribution in [-0.4, -0.2) is 59.1 Å². The summed E-state index contributed by atoms with van der Waals surface area (Å²) in [5, 5.41) is 11.3. The van der Waals surface area contributed by atoms with E-state index in [0.29, 0.717) is 31.7 Å². The highest BCUT2D eigenvalue weighted by molar-refractivity contribution is 8.00. The van der Waals surface area contributed by atoms with Crippen molar-refractivity contribution in [1.29, 1.82) is 0 Å². The van der Waals surface area contributed by atoms with Gasteiger partial charge in [-0.1, -0.05) is 6.07 Å². The van der Waals surface area contributed by atoms with E-state index in [-0.39, 0.29) is 28.7 Å². The van der Waals surface area contributed by atoms with Crippen molar-refractivity contribution in [3.8, 4) is 0 Å². The Labute approximate surface area is 204 Å². The van der Waals surface area contributed by atoms with E-state index in [9.17, 15) is 22.8 Å². The van der Waals surface area contributed by atoms with Gasteiger partial charge in [-0.05, 0) is 79.1 Å². The summed E-state index contributed by atoms with van der Waals surface area (Å²) in [4.78, 5) is 26.8. The molecule has 184 valence electrons. The fourth-order valence-corrected chi connectivity index (χ4v) is 5.10. The molecule has 0 fully saturated rings. The monoisotopic (exact) mass is 514 g/mol. The fourth-order valence-electron chi connectivity index (χ4n) is 3.69. The molecule has 2 atom stereocenters. The van der Waals surface area contributed by atoms with Crippen molar-refractivity contribution < 1.29 is 32.6 Å². The third-order valence-electron chi connectivity index (χ3n) is 5.33. The Morgan fingerprint density at radius 2 is 1.79 bits per heavy atom. The number of benzene rings is 2. The second-order valence-corrected chi connectivity index (χ2v) is 10.3. The number of nitrogens with one attached hydrogen (secondary N) is 1. The molecule has 0 saturated carbocycles. The maximum absolute atomic E-state index is 13.1. The predicted octanol–water partition coefficient (Wildman–Crippen LogP) is 5.51. The SMILES string of the molecule is COCCN(C(=O)Nc1ccc(SC(F)(F)F)cc1)C1Cc2ccc(SC(C)C(=O)O)cc2C1. The van der Waals surface area contributed by atoms with Gasteiger partial charge in [0.15, 0.2) is 0 Å². The summed E-state index contributed by atoms with van der Waals surface area (Å²) in [5.74, 6) is -0.879. The van der Waals surface area contributed by atoms with E-state index in [4.69, 9.17) is 9.84 Å². The van der Waals surface area contributed by atoms with Gasteiger partial charge in [0.2, 0.25) is 0 Å². The zero-order valence-electron chi connectivity index (χ0n) is 18.6. The first kappa shape index (κ1) is 26.2. The van der Waals surface area contributed by atoms with Gasteiger partial charge in [-0.25, -0.2) is 4.79 Å². The third-order valence-corrected chi connectivity index (χ3v) is 7.15. The molecule has 0 aliphatic heterocycles. The van der Waals surface area contributed by atoms with Gasteiger partial charge in [-0.2, -0.15) is 13.2 Å². The van der Waals surface area contributed by atoms with Crippen molar-refractivity contribution in [2.45, 2.75) is 46.4 Å². The van der Waals surface area contributed by atoms with E-state index in [1.54, 1.807) is 18.9 Å². The minimum Gasteiger partial charge on any atom is -0.480 e. The number of methoxy groups -OCH3 is 1. The smallest absolute Gasteiger partial charge is 0.446 e. The number of carbonyl (C=O) groups is 2. The summed E-state index contributed by atoms with van der Waals surface area (Å²) >= 11 is 1.06. The number of fused-ring (bicyclic) bond motifs is 1. The van der Waals surface area contributed by atoms with Gasteiger partial charge in [0.05, 0.1) is 6.61 Å². The highest BCUT2D eigenvalue weighted by atomic mass is 32.2. The standard InChI is InChI=1S/C23H25F3N2O4S2/c1-14(21(29)30)33-20-6-3-15-11-18(12-16(15)13-20)28(9-10-32-2)22(31)27-17-4-7-19(8-5-17)34-23(24,25)26/h3-8,13-14,18H,9-12H2,1-2H3,(H,27,31)(H,29,30). The van der Waals surface area contributed by atoms with E-state index in [1.807, 2.05) is 18.2 Å². The van der Waals surface area contributed by atoms with Crippen molar-refractivity contribution >= 4 is 41.2 Å². The maximum Gasteiger partial charge on any atom is 0.446 e. The lowest BCUT2D eigenvalue weighted by atomic mass is 10.1. The molecule has 6 nitrogen and oxygen atoms in total. The average Bonchev–Trinajstić information content (AvgIpc) is 3.17. The molecule has 0 saturated heterocycles. The molecule has 2 unspecified atom stereocenters. The van der Waals surface area contributed by atoms with Crippen molar-refractivity contribution in [2.75, 3.05) is 25.6 Å². The number of hydrogen-bond acceptors (Lipinski definition) is 5. The number of thioether (sulfide) groups is 2. The Bertz CT molecular complexity index is 1020. The van der Waals surface area contributed by atoms with Crippen LogP contribution >= 0.6 is 23.5 Å². The first-order chi connectivity index (χ1) is 16.1. The van der Waals surface area contributed by atoms with Crippen molar-refractivity contribution in [3.63, 3.8) is 0 Å². The number of aliphatic carboxylic acids is 1. The van der Waals surface area contributed by atoms with Crippen LogP contribution in [0.15, 0.2) is 52.3 Å². The first-order valence-corrected chi connectivity index (χ1v) is 12.2. The van der Waals surface area contributed by atoms with Crippen LogP contribution in [0, 0.1) is 0 Å². The second-order valence-electron chi connectivity index (χ2n) is 7.78. The molecule has 2 aromatic rings. The zero-order chi connectivity index (χ0) is 24.9. The minimum atomic E-state index is -4.37. The molecule has 2 aromatic carbocycles. The van der Waals surface area contributed by atoms with E-state index < -0.39 is 16.7 Å². The van der Waals surface area contributed by atoms with E-state index in [1.165, 1.54) is 36.0 Å². The lowest BCUT2D eigenvalue weighted by Gasteiger charge is -2.29. The van der Waals surface area contributed by atoms with Crippen LogP contribution in [0.25, 0.3) is 0 Å². The summed E-state index contributed by atoms with van der Waals surface area (Å²) in [6.45, 7) is 2.31. The molecule has 2 amide bonds. The molecule has 0 bridgehead atoms. The van der Waals surface area contributed by atoms with Crippen LogP contribution in [0.5, 0.6) is 0 Å². The fraction of sp³-hybridized carbons (Fsp3) is 0.391. The Kier molecular flexibility index (Phi) is 8.78. The number of ether oxygens (including phenoxy) is 1.